The molecular formula is C25H34N2O2. The van der Waals surface area contributed by atoms with E-state index in [0.29, 0.717) is 5.92 Å². The summed E-state index contributed by atoms with van der Waals surface area (Å²) in [5, 5.41) is 5.99. The summed E-state index contributed by atoms with van der Waals surface area (Å²) in [5.74, 6) is 1.24. The Hall–Kier alpha value is -2.49. The number of hydrogen-bond donors (Lipinski definition) is 2. The number of benzene rings is 2. The summed E-state index contributed by atoms with van der Waals surface area (Å²) in [6.07, 6.45) is 5.29. The van der Waals surface area contributed by atoms with Gasteiger partial charge in [0.2, 0.25) is 0 Å². The van der Waals surface area contributed by atoms with Gasteiger partial charge in [-0.3, -0.25) is 0 Å². The number of carbonyl (C=O) groups is 1. The number of hydrogen-bond acceptors (Lipinski definition) is 2. The summed E-state index contributed by atoms with van der Waals surface area (Å²) < 4.78 is 5.84. The molecular weight excluding hydrogens is 360 g/mol. The highest BCUT2D eigenvalue weighted by atomic mass is 16.5. The molecule has 0 radical (unpaired) electrons. The van der Waals surface area contributed by atoms with E-state index in [1.165, 1.54) is 41.5 Å². The van der Waals surface area contributed by atoms with E-state index in [1.807, 2.05) is 19.1 Å². The first-order valence-corrected chi connectivity index (χ1v) is 10.9. The van der Waals surface area contributed by atoms with Crippen LogP contribution in [-0.2, 0) is 12.8 Å². The van der Waals surface area contributed by atoms with E-state index in [1.54, 1.807) is 0 Å². The molecule has 1 aliphatic rings. The molecule has 0 aliphatic heterocycles. The van der Waals surface area contributed by atoms with E-state index < -0.39 is 6.23 Å². The van der Waals surface area contributed by atoms with Gasteiger partial charge in [-0.1, -0.05) is 51.1 Å². The third kappa shape index (κ3) is 5.75. The Kier molecular flexibility index (Phi) is 7.18. The van der Waals surface area contributed by atoms with Crippen LogP contribution in [-0.4, -0.2) is 12.3 Å². The van der Waals surface area contributed by atoms with Gasteiger partial charge in [0.1, 0.15) is 5.75 Å². The lowest BCUT2D eigenvalue weighted by Gasteiger charge is -2.23. The van der Waals surface area contributed by atoms with Gasteiger partial charge in [0.15, 0.2) is 6.23 Å². The van der Waals surface area contributed by atoms with Gasteiger partial charge < -0.3 is 15.4 Å². The zero-order valence-electron chi connectivity index (χ0n) is 18.1. The van der Waals surface area contributed by atoms with Crippen LogP contribution in [0.25, 0.3) is 0 Å². The molecule has 2 aromatic carbocycles. The molecule has 29 heavy (non-hydrogen) atoms. The molecule has 156 valence electrons. The Morgan fingerprint density at radius 1 is 0.931 bits per heavy atom. The number of urea groups is 1. The highest BCUT2D eigenvalue weighted by Crippen LogP contribution is 2.26. The van der Waals surface area contributed by atoms with Gasteiger partial charge >= 0.3 is 6.03 Å². The average molecular weight is 395 g/mol. The fraction of sp³-hybridized carbons (Fsp3) is 0.480. The molecule has 1 aliphatic carbocycles. The Morgan fingerprint density at radius 2 is 1.59 bits per heavy atom. The first kappa shape index (κ1) is 21.2. The number of rotatable bonds is 7. The van der Waals surface area contributed by atoms with E-state index >= 15 is 0 Å². The van der Waals surface area contributed by atoms with E-state index in [9.17, 15) is 4.79 Å². The predicted molar refractivity (Wildman–Crippen MR) is 118 cm³/mol. The number of carbonyl (C=O) groups excluding carboxylic acids is 1. The lowest BCUT2D eigenvalue weighted by atomic mass is 9.89. The van der Waals surface area contributed by atoms with Gasteiger partial charge in [-0.25, -0.2) is 4.79 Å². The molecule has 2 aromatic rings. The summed E-state index contributed by atoms with van der Waals surface area (Å²) in [5.41, 5.74) is 5.36. The summed E-state index contributed by atoms with van der Waals surface area (Å²) in [6, 6.07) is 14.5. The van der Waals surface area contributed by atoms with Crippen LogP contribution in [0.1, 0.15) is 81.2 Å². The van der Waals surface area contributed by atoms with E-state index in [4.69, 9.17) is 4.74 Å². The van der Waals surface area contributed by atoms with E-state index in [0.717, 1.165) is 18.6 Å². The Bertz CT molecular complexity index is 814. The van der Waals surface area contributed by atoms with Crippen molar-refractivity contribution in [3.63, 3.8) is 0 Å². The fourth-order valence-corrected chi connectivity index (χ4v) is 3.94. The second kappa shape index (κ2) is 9.82. The molecule has 0 aromatic heterocycles. The first-order chi connectivity index (χ1) is 14.0. The van der Waals surface area contributed by atoms with Gasteiger partial charge in [-0.15, -0.1) is 0 Å². The maximum absolute atomic E-state index is 12.5. The van der Waals surface area contributed by atoms with Crippen LogP contribution in [0.2, 0.25) is 0 Å². The number of fused-ring (bicyclic) bond motifs is 1. The lowest BCUT2D eigenvalue weighted by molar-refractivity contribution is 0.175. The lowest BCUT2D eigenvalue weighted by Crippen LogP contribution is -2.44. The average Bonchev–Trinajstić information content (AvgIpc) is 2.72. The van der Waals surface area contributed by atoms with E-state index in [2.05, 4.69) is 61.7 Å². The monoisotopic (exact) mass is 394 g/mol. The van der Waals surface area contributed by atoms with Crippen molar-refractivity contribution in [2.75, 3.05) is 0 Å². The number of aryl methyl sites for hydroxylation is 2. The summed E-state index contributed by atoms with van der Waals surface area (Å²) in [6.45, 7) is 8.27. The molecule has 4 nitrogen and oxygen atoms in total. The van der Waals surface area contributed by atoms with Crippen molar-refractivity contribution >= 4 is 6.03 Å². The van der Waals surface area contributed by atoms with Crippen molar-refractivity contribution in [1.82, 2.24) is 10.6 Å². The standard InChI is InChI=1S/C25H34N2O2/c1-5-24(22-11-10-20-8-6-7-9-21(20)16-22)27-25(28)26-18(4)29-23-14-12-19(13-15-23)17(2)3/h10-18,24H,5-9H2,1-4H3,(H2,26,27,28). The molecule has 0 saturated carbocycles. The van der Waals surface area contributed by atoms with Crippen molar-refractivity contribution in [3.8, 4) is 5.75 Å². The Balaban J connectivity index is 1.55. The highest BCUT2D eigenvalue weighted by Gasteiger charge is 2.17. The van der Waals surface area contributed by atoms with Crippen LogP contribution in [0, 0.1) is 0 Å². The predicted octanol–water partition coefficient (Wildman–Crippen LogP) is 5.86. The molecule has 3 rings (SSSR count). The quantitative estimate of drug-likeness (QED) is 0.578. The van der Waals surface area contributed by atoms with Crippen LogP contribution in [0.4, 0.5) is 4.79 Å². The molecule has 0 fully saturated rings. The summed E-state index contributed by atoms with van der Waals surface area (Å²) >= 11 is 0. The van der Waals surface area contributed by atoms with Crippen LogP contribution in [0.3, 0.4) is 0 Å². The zero-order chi connectivity index (χ0) is 20.8. The fourth-order valence-electron chi connectivity index (χ4n) is 3.94. The molecule has 2 atom stereocenters. The molecule has 0 spiro atoms. The molecule has 0 saturated heterocycles. The minimum atomic E-state index is -0.416. The molecule has 2 amide bonds. The van der Waals surface area contributed by atoms with Crippen LogP contribution >= 0.6 is 0 Å². The minimum absolute atomic E-state index is 0.000230. The maximum Gasteiger partial charge on any atom is 0.318 e. The third-order valence-electron chi connectivity index (χ3n) is 5.68. The highest BCUT2D eigenvalue weighted by molar-refractivity contribution is 5.74. The second-order valence-corrected chi connectivity index (χ2v) is 8.30. The number of nitrogens with one attached hydrogen (secondary N) is 2. The molecule has 2 unspecified atom stereocenters. The minimum Gasteiger partial charge on any atom is -0.471 e. The maximum atomic E-state index is 12.5. The van der Waals surface area contributed by atoms with Crippen molar-refractivity contribution < 1.29 is 9.53 Å². The molecule has 0 heterocycles. The third-order valence-corrected chi connectivity index (χ3v) is 5.68. The first-order valence-electron chi connectivity index (χ1n) is 10.9. The molecule has 2 N–H and O–H groups in total. The van der Waals surface area contributed by atoms with Gasteiger partial charge in [0.25, 0.3) is 0 Å². The second-order valence-electron chi connectivity index (χ2n) is 8.30. The SMILES string of the molecule is CCC(NC(=O)NC(C)Oc1ccc(C(C)C)cc1)c1ccc2c(c1)CCCC2. The van der Waals surface area contributed by atoms with Gasteiger partial charge in [0.05, 0.1) is 6.04 Å². The van der Waals surface area contributed by atoms with Gasteiger partial charge in [-0.2, -0.15) is 0 Å². The summed E-state index contributed by atoms with van der Waals surface area (Å²) in [7, 11) is 0. The molecule has 0 bridgehead atoms. The number of ether oxygens (including phenoxy) is 1. The van der Waals surface area contributed by atoms with Crippen LogP contribution < -0.4 is 15.4 Å². The van der Waals surface area contributed by atoms with Crippen molar-refractivity contribution in [3.05, 3.63) is 64.7 Å². The van der Waals surface area contributed by atoms with Crippen molar-refractivity contribution in [2.45, 2.75) is 78.0 Å². The zero-order valence-corrected chi connectivity index (χ0v) is 18.1. The Morgan fingerprint density at radius 3 is 2.24 bits per heavy atom. The van der Waals surface area contributed by atoms with Crippen molar-refractivity contribution in [2.24, 2.45) is 0 Å². The van der Waals surface area contributed by atoms with Crippen LogP contribution in [0.5, 0.6) is 5.75 Å². The van der Waals surface area contributed by atoms with Gasteiger partial charge in [0, 0.05) is 0 Å². The van der Waals surface area contributed by atoms with Gasteiger partial charge in [-0.05, 0) is 79.3 Å². The summed E-state index contributed by atoms with van der Waals surface area (Å²) in [4.78, 5) is 12.5. The smallest absolute Gasteiger partial charge is 0.318 e. The van der Waals surface area contributed by atoms with E-state index in [-0.39, 0.29) is 12.1 Å². The van der Waals surface area contributed by atoms with Crippen LogP contribution in [0.15, 0.2) is 42.5 Å². The normalized spacial score (nSPS) is 15.3. The topological polar surface area (TPSA) is 50.4 Å². The number of amides is 2. The van der Waals surface area contributed by atoms with Crippen molar-refractivity contribution in [1.29, 1.82) is 0 Å². The Labute approximate surface area is 175 Å². The molecule has 4 heteroatoms. The largest absolute Gasteiger partial charge is 0.471 e.